The fraction of sp³-hybridized carbons (Fsp3) is 1.00. The molecule has 0 aliphatic heterocycles. The molecule has 3 heteroatoms. The Kier molecular flexibility index (Phi) is 10.8. The molecule has 0 aromatic heterocycles. The molecule has 68 valence electrons. The normalized spacial score (nSPS) is 10.4. The molecule has 0 rings (SSSR count). The molecule has 0 bridgehead atoms. The summed E-state index contributed by atoms with van der Waals surface area (Å²) in [5.41, 5.74) is 0. The van der Waals surface area contributed by atoms with E-state index >= 15 is 0 Å². The highest BCUT2D eigenvalue weighted by Crippen LogP contribution is 1.84. The Morgan fingerprint density at radius 1 is 1.27 bits per heavy atom. The van der Waals surface area contributed by atoms with E-state index in [0.717, 1.165) is 38.1 Å². The third-order valence-corrected chi connectivity index (χ3v) is 1.82. The maximum atomic E-state index is 5.29. The van der Waals surface area contributed by atoms with E-state index < -0.39 is 0 Å². The van der Waals surface area contributed by atoms with Crippen molar-refractivity contribution in [2.45, 2.75) is 19.8 Å². The fourth-order valence-electron chi connectivity index (χ4n) is 0.708. The van der Waals surface area contributed by atoms with Gasteiger partial charge >= 0.3 is 0 Å². The van der Waals surface area contributed by atoms with Crippen molar-refractivity contribution in [3.8, 4) is 0 Å². The number of hydrogen-bond acceptors (Lipinski definition) is 2. The Bertz CT molecular complexity index is 63.1. The van der Waals surface area contributed by atoms with Gasteiger partial charge in [-0.2, -0.15) is 0 Å². The second-order valence-electron chi connectivity index (χ2n) is 2.40. The minimum atomic E-state index is 0.843. The molecule has 0 aliphatic carbocycles. The summed E-state index contributed by atoms with van der Waals surface area (Å²) < 4.78 is 5.29. The van der Waals surface area contributed by atoms with E-state index in [0.29, 0.717) is 0 Å². The number of hydrogen-bond donors (Lipinski definition) is 1. The van der Waals surface area contributed by atoms with Crippen molar-refractivity contribution >= 4 is 15.9 Å². The van der Waals surface area contributed by atoms with Crippen LogP contribution in [0.1, 0.15) is 19.8 Å². The van der Waals surface area contributed by atoms with Crippen LogP contribution in [0, 0.1) is 0 Å². The van der Waals surface area contributed by atoms with Gasteiger partial charge in [-0.1, -0.05) is 22.9 Å². The van der Waals surface area contributed by atoms with E-state index in [2.05, 4.69) is 28.2 Å². The lowest BCUT2D eigenvalue weighted by Gasteiger charge is -2.03. The van der Waals surface area contributed by atoms with Gasteiger partial charge in [0.1, 0.15) is 0 Å². The Morgan fingerprint density at radius 3 is 2.73 bits per heavy atom. The van der Waals surface area contributed by atoms with Crippen LogP contribution >= 0.6 is 15.9 Å². The molecule has 0 saturated carbocycles. The Balaban J connectivity index is 2.69. The minimum absolute atomic E-state index is 0.843. The lowest BCUT2D eigenvalue weighted by atomic mass is 10.5. The molecule has 0 atom stereocenters. The Hall–Kier alpha value is 0.400. The zero-order chi connectivity index (χ0) is 8.36. The highest BCUT2D eigenvalue weighted by molar-refractivity contribution is 9.09. The number of alkyl halides is 1. The van der Waals surface area contributed by atoms with E-state index in [9.17, 15) is 0 Å². The van der Waals surface area contributed by atoms with E-state index in [-0.39, 0.29) is 0 Å². The van der Waals surface area contributed by atoms with Crippen molar-refractivity contribution in [2.75, 3.05) is 31.6 Å². The molecule has 0 heterocycles. The number of rotatable bonds is 8. The van der Waals surface area contributed by atoms with Crippen LogP contribution in [-0.4, -0.2) is 31.6 Å². The molecule has 11 heavy (non-hydrogen) atoms. The SMILES string of the molecule is CCCOCCNCCCBr. The molecule has 0 aromatic carbocycles. The maximum Gasteiger partial charge on any atom is 0.0590 e. The van der Waals surface area contributed by atoms with Crippen molar-refractivity contribution in [3.05, 3.63) is 0 Å². The first-order chi connectivity index (χ1) is 5.41. The van der Waals surface area contributed by atoms with Crippen molar-refractivity contribution in [3.63, 3.8) is 0 Å². The lowest BCUT2D eigenvalue weighted by molar-refractivity contribution is 0.136. The fourth-order valence-corrected chi connectivity index (χ4v) is 0.988. The van der Waals surface area contributed by atoms with Gasteiger partial charge in [0.05, 0.1) is 6.61 Å². The highest BCUT2D eigenvalue weighted by atomic mass is 79.9. The Morgan fingerprint density at radius 2 is 2.09 bits per heavy atom. The van der Waals surface area contributed by atoms with Gasteiger partial charge < -0.3 is 10.1 Å². The molecular formula is C8H18BrNO. The average molecular weight is 224 g/mol. The van der Waals surface area contributed by atoms with Crippen LogP contribution in [-0.2, 0) is 4.74 Å². The number of ether oxygens (including phenoxy) is 1. The van der Waals surface area contributed by atoms with Crippen LogP contribution in [0.15, 0.2) is 0 Å². The molecule has 0 aromatic rings. The van der Waals surface area contributed by atoms with Crippen LogP contribution in [0.2, 0.25) is 0 Å². The molecule has 0 radical (unpaired) electrons. The third kappa shape index (κ3) is 10.4. The molecule has 2 nitrogen and oxygen atoms in total. The van der Waals surface area contributed by atoms with Crippen LogP contribution in [0.5, 0.6) is 0 Å². The number of halogens is 1. The van der Waals surface area contributed by atoms with Crippen molar-refractivity contribution in [1.82, 2.24) is 5.32 Å². The first kappa shape index (κ1) is 11.4. The highest BCUT2D eigenvalue weighted by Gasteiger charge is 1.86. The van der Waals surface area contributed by atoms with E-state index in [1.54, 1.807) is 0 Å². The van der Waals surface area contributed by atoms with E-state index in [1.807, 2.05) is 0 Å². The zero-order valence-corrected chi connectivity index (χ0v) is 8.82. The largest absolute Gasteiger partial charge is 0.380 e. The van der Waals surface area contributed by atoms with Crippen LogP contribution in [0.3, 0.4) is 0 Å². The Labute approximate surface area is 77.8 Å². The molecule has 0 spiro atoms. The molecule has 0 fully saturated rings. The van der Waals surface area contributed by atoms with Gasteiger partial charge in [-0.3, -0.25) is 0 Å². The van der Waals surface area contributed by atoms with Gasteiger partial charge in [0.25, 0.3) is 0 Å². The topological polar surface area (TPSA) is 21.3 Å². The minimum Gasteiger partial charge on any atom is -0.380 e. The quantitative estimate of drug-likeness (QED) is 0.501. The maximum absolute atomic E-state index is 5.29. The summed E-state index contributed by atoms with van der Waals surface area (Å²) >= 11 is 3.37. The first-order valence-electron chi connectivity index (χ1n) is 4.26. The van der Waals surface area contributed by atoms with Crippen LogP contribution in [0.4, 0.5) is 0 Å². The van der Waals surface area contributed by atoms with E-state index in [1.165, 1.54) is 6.42 Å². The second kappa shape index (κ2) is 10.4. The van der Waals surface area contributed by atoms with Gasteiger partial charge in [0.2, 0.25) is 0 Å². The predicted molar refractivity (Wildman–Crippen MR) is 52.4 cm³/mol. The molecule has 0 saturated heterocycles. The van der Waals surface area contributed by atoms with E-state index in [4.69, 9.17) is 4.74 Å². The standard InChI is InChI=1S/C8H18BrNO/c1-2-7-11-8-6-10-5-3-4-9/h10H,2-8H2,1H3. The lowest BCUT2D eigenvalue weighted by Crippen LogP contribution is -2.21. The molecule has 0 unspecified atom stereocenters. The molecule has 1 N–H and O–H groups in total. The van der Waals surface area contributed by atoms with Crippen molar-refractivity contribution in [2.24, 2.45) is 0 Å². The summed E-state index contributed by atoms with van der Waals surface area (Å²) in [5, 5.41) is 4.37. The van der Waals surface area contributed by atoms with Gasteiger partial charge in [0, 0.05) is 18.5 Å². The van der Waals surface area contributed by atoms with Gasteiger partial charge in [-0.05, 0) is 19.4 Å². The predicted octanol–water partition coefficient (Wildman–Crippen LogP) is 1.79. The summed E-state index contributed by atoms with van der Waals surface area (Å²) in [6.45, 7) is 5.92. The first-order valence-corrected chi connectivity index (χ1v) is 5.38. The summed E-state index contributed by atoms with van der Waals surface area (Å²) in [5.74, 6) is 0. The molecular weight excluding hydrogens is 206 g/mol. The summed E-state index contributed by atoms with van der Waals surface area (Å²) in [6, 6.07) is 0. The molecule has 0 aliphatic rings. The van der Waals surface area contributed by atoms with Crippen molar-refractivity contribution < 1.29 is 4.74 Å². The smallest absolute Gasteiger partial charge is 0.0590 e. The average Bonchev–Trinajstić information content (AvgIpc) is 2.03. The summed E-state index contributed by atoms with van der Waals surface area (Å²) in [4.78, 5) is 0. The van der Waals surface area contributed by atoms with Gasteiger partial charge in [0.15, 0.2) is 0 Å². The number of nitrogens with one attached hydrogen (secondary N) is 1. The zero-order valence-electron chi connectivity index (χ0n) is 7.24. The van der Waals surface area contributed by atoms with Crippen LogP contribution in [0.25, 0.3) is 0 Å². The van der Waals surface area contributed by atoms with Crippen molar-refractivity contribution in [1.29, 1.82) is 0 Å². The third-order valence-electron chi connectivity index (χ3n) is 1.26. The van der Waals surface area contributed by atoms with Gasteiger partial charge in [-0.15, -0.1) is 0 Å². The molecule has 0 amide bonds. The van der Waals surface area contributed by atoms with Crippen LogP contribution < -0.4 is 5.32 Å². The summed E-state index contributed by atoms with van der Waals surface area (Å²) in [6.07, 6.45) is 2.30. The monoisotopic (exact) mass is 223 g/mol. The summed E-state index contributed by atoms with van der Waals surface area (Å²) in [7, 11) is 0. The second-order valence-corrected chi connectivity index (χ2v) is 3.20. The van der Waals surface area contributed by atoms with Gasteiger partial charge in [-0.25, -0.2) is 0 Å².